The average Bonchev–Trinajstić information content (AvgIpc) is 2.58. The van der Waals surface area contributed by atoms with E-state index in [9.17, 15) is 5.11 Å². The largest absolute Gasteiger partial charge is 0.506 e. The van der Waals surface area contributed by atoms with E-state index in [4.69, 9.17) is 17.3 Å². The quantitative estimate of drug-likeness (QED) is 0.755. The third-order valence-electron chi connectivity index (χ3n) is 1.91. The van der Waals surface area contributed by atoms with E-state index < -0.39 is 0 Å². The lowest BCUT2D eigenvalue weighted by Crippen LogP contribution is -1.86. The Kier molecular flexibility index (Phi) is 2.58. The Labute approximate surface area is 99.2 Å². The lowest BCUT2D eigenvalue weighted by Gasteiger charge is -2.04. The number of hydrogen-bond acceptors (Lipinski definition) is 3. The van der Waals surface area contributed by atoms with Crippen molar-refractivity contribution >= 4 is 33.5 Å². The van der Waals surface area contributed by atoms with Gasteiger partial charge in [0.2, 0.25) is 0 Å². The average molecular weight is 289 g/mol. The first kappa shape index (κ1) is 10.3. The van der Waals surface area contributed by atoms with Gasteiger partial charge in [0.1, 0.15) is 5.75 Å². The molecule has 0 saturated carbocycles. The lowest BCUT2D eigenvalue weighted by atomic mass is 10.1. The minimum atomic E-state index is 0.100. The van der Waals surface area contributed by atoms with Gasteiger partial charge in [-0.2, -0.15) is 0 Å². The number of anilines is 1. The van der Waals surface area contributed by atoms with Crippen molar-refractivity contribution in [3.05, 3.63) is 27.8 Å². The maximum absolute atomic E-state index is 9.79. The zero-order chi connectivity index (χ0) is 11.0. The summed E-state index contributed by atoms with van der Waals surface area (Å²) in [6, 6.07) is 3.24. The molecule has 0 aliphatic carbocycles. The fourth-order valence-corrected chi connectivity index (χ4v) is 2.06. The zero-order valence-electron chi connectivity index (χ0n) is 7.46. The highest BCUT2D eigenvalue weighted by Gasteiger charge is 2.11. The minimum absolute atomic E-state index is 0.100. The van der Waals surface area contributed by atoms with Crippen molar-refractivity contribution in [2.24, 2.45) is 0 Å². The molecule has 0 aliphatic rings. The molecule has 0 fully saturated rings. The summed E-state index contributed by atoms with van der Waals surface area (Å²) in [6.07, 6.45) is 1.53. The van der Waals surface area contributed by atoms with Gasteiger partial charge in [-0.3, -0.25) is 0 Å². The maximum Gasteiger partial charge on any atom is 0.197 e. The molecule has 0 radical (unpaired) electrons. The van der Waals surface area contributed by atoms with Crippen LogP contribution in [0, 0.1) is 0 Å². The number of aromatic hydroxyl groups is 1. The van der Waals surface area contributed by atoms with Crippen LogP contribution in [0.2, 0.25) is 5.02 Å². The number of phenols is 1. The van der Waals surface area contributed by atoms with Crippen molar-refractivity contribution in [3.8, 4) is 17.0 Å². The van der Waals surface area contributed by atoms with Crippen molar-refractivity contribution in [2.45, 2.75) is 0 Å². The Morgan fingerprint density at radius 2 is 2.20 bits per heavy atom. The minimum Gasteiger partial charge on any atom is -0.506 e. The number of nitrogen functional groups attached to an aromatic ring is 1. The van der Waals surface area contributed by atoms with Crippen molar-refractivity contribution in [3.63, 3.8) is 0 Å². The van der Waals surface area contributed by atoms with Crippen LogP contribution in [0.1, 0.15) is 0 Å². The Hall–Kier alpha value is -1.20. The van der Waals surface area contributed by atoms with Gasteiger partial charge in [-0.15, -0.1) is 0 Å². The maximum atomic E-state index is 9.79. The zero-order valence-corrected chi connectivity index (χ0v) is 9.80. The van der Waals surface area contributed by atoms with Crippen molar-refractivity contribution in [2.75, 3.05) is 5.73 Å². The monoisotopic (exact) mass is 287 g/mol. The van der Waals surface area contributed by atoms with Crippen LogP contribution in [-0.2, 0) is 0 Å². The standard InChI is InChI=1S/C9H7BrClN3O/c10-6-2-4(11)1-5(8(6)15)7-3-13-9(12)14-7/h1-3,15H,(H3,12,13,14). The van der Waals surface area contributed by atoms with Crippen LogP contribution < -0.4 is 5.73 Å². The number of phenolic OH excluding ortho intramolecular Hbond substituents is 1. The fraction of sp³-hybridized carbons (Fsp3) is 0. The summed E-state index contributed by atoms with van der Waals surface area (Å²) < 4.78 is 0.526. The van der Waals surface area contributed by atoms with E-state index in [0.29, 0.717) is 26.7 Å². The van der Waals surface area contributed by atoms with E-state index in [2.05, 4.69) is 25.9 Å². The summed E-state index contributed by atoms with van der Waals surface area (Å²) in [7, 11) is 0. The van der Waals surface area contributed by atoms with E-state index in [1.165, 1.54) is 6.20 Å². The molecule has 0 saturated heterocycles. The summed E-state index contributed by atoms with van der Waals surface area (Å²) >= 11 is 9.07. The highest BCUT2D eigenvalue weighted by Crippen LogP contribution is 2.37. The molecule has 4 N–H and O–H groups in total. The van der Waals surface area contributed by atoms with E-state index >= 15 is 0 Å². The number of nitrogens with two attached hydrogens (primary N) is 1. The number of hydrogen-bond donors (Lipinski definition) is 3. The molecular weight excluding hydrogens is 281 g/mol. The first-order chi connectivity index (χ1) is 7.08. The summed E-state index contributed by atoms with van der Waals surface area (Å²) in [5.74, 6) is 0.392. The SMILES string of the molecule is Nc1ncc(-c2cc(Cl)cc(Br)c2O)[nH]1. The molecule has 0 bridgehead atoms. The van der Waals surface area contributed by atoms with Gasteiger partial charge in [0.05, 0.1) is 16.4 Å². The Balaban J connectivity index is 2.62. The summed E-state index contributed by atoms with van der Waals surface area (Å²) in [5.41, 5.74) is 6.62. The van der Waals surface area contributed by atoms with E-state index in [1.807, 2.05) is 0 Å². The van der Waals surface area contributed by atoms with Gasteiger partial charge in [-0.1, -0.05) is 11.6 Å². The smallest absolute Gasteiger partial charge is 0.197 e. The first-order valence-electron chi connectivity index (χ1n) is 4.07. The molecule has 4 nitrogen and oxygen atoms in total. The van der Waals surface area contributed by atoms with Crippen molar-refractivity contribution in [1.82, 2.24) is 9.97 Å². The Bertz CT molecular complexity index is 512. The van der Waals surface area contributed by atoms with Gasteiger partial charge >= 0.3 is 0 Å². The highest BCUT2D eigenvalue weighted by atomic mass is 79.9. The molecule has 1 aromatic carbocycles. The second-order valence-electron chi connectivity index (χ2n) is 2.97. The van der Waals surface area contributed by atoms with Gasteiger partial charge in [-0.25, -0.2) is 4.98 Å². The van der Waals surface area contributed by atoms with Crippen LogP contribution in [0.25, 0.3) is 11.3 Å². The predicted molar refractivity (Wildman–Crippen MR) is 62.8 cm³/mol. The fourth-order valence-electron chi connectivity index (χ4n) is 1.24. The topological polar surface area (TPSA) is 74.9 Å². The molecular formula is C9H7BrClN3O. The highest BCUT2D eigenvalue weighted by molar-refractivity contribution is 9.10. The number of aromatic nitrogens is 2. The van der Waals surface area contributed by atoms with Gasteiger partial charge < -0.3 is 15.8 Å². The van der Waals surface area contributed by atoms with Crippen LogP contribution in [0.5, 0.6) is 5.75 Å². The molecule has 2 aromatic rings. The molecule has 6 heteroatoms. The number of benzene rings is 1. The van der Waals surface area contributed by atoms with Crippen LogP contribution in [0.3, 0.4) is 0 Å². The number of imidazole rings is 1. The third-order valence-corrected chi connectivity index (χ3v) is 2.74. The number of aromatic amines is 1. The second kappa shape index (κ2) is 3.75. The number of nitrogens with zero attached hydrogens (tertiary/aromatic N) is 1. The van der Waals surface area contributed by atoms with Crippen molar-refractivity contribution < 1.29 is 5.11 Å². The van der Waals surface area contributed by atoms with Gasteiger partial charge in [0, 0.05) is 10.6 Å². The third kappa shape index (κ3) is 1.93. The van der Waals surface area contributed by atoms with Crippen LogP contribution in [0.4, 0.5) is 5.95 Å². The molecule has 0 amide bonds. The molecule has 0 unspecified atom stereocenters. The van der Waals surface area contributed by atoms with Crippen LogP contribution >= 0.6 is 27.5 Å². The Morgan fingerprint density at radius 1 is 1.47 bits per heavy atom. The van der Waals surface area contributed by atoms with Crippen molar-refractivity contribution in [1.29, 1.82) is 0 Å². The van der Waals surface area contributed by atoms with Gasteiger partial charge in [0.15, 0.2) is 5.95 Å². The van der Waals surface area contributed by atoms with Crippen LogP contribution in [-0.4, -0.2) is 15.1 Å². The summed E-state index contributed by atoms with van der Waals surface area (Å²) in [5, 5.41) is 10.3. The first-order valence-corrected chi connectivity index (χ1v) is 5.24. The second-order valence-corrected chi connectivity index (χ2v) is 4.26. The van der Waals surface area contributed by atoms with E-state index in [1.54, 1.807) is 12.1 Å². The summed E-state index contributed by atoms with van der Waals surface area (Å²) in [6.45, 7) is 0. The molecule has 2 rings (SSSR count). The van der Waals surface area contributed by atoms with Gasteiger partial charge in [-0.05, 0) is 28.1 Å². The number of rotatable bonds is 1. The molecule has 1 heterocycles. The molecule has 0 aliphatic heterocycles. The predicted octanol–water partition coefficient (Wildman–Crippen LogP) is 2.78. The van der Waals surface area contributed by atoms with Crippen LogP contribution in [0.15, 0.2) is 22.8 Å². The van der Waals surface area contributed by atoms with Gasteiger partial charge in [0.25, 0.3) is 0 Å². The Morgan fingerprint density at radius 3 is 2.80 bits per heavy atom. The molecule has 15 heavy (non-hydrogen) atoms. The number of H-pyrrole nitrogens is 1. The van der Waals surface area contributed by atoms with E-state index in [0.717, 1.165) is 0 Å². The molecule has 0 atom stereocenters. The van der Waals surface area contributed by atoms with E-state index in [-0.39, 0.29) is 5.75 Å². The number of halogens is 2. The lowest BCUT2D eigenvalue weighted by molar-refractivity contribution is 0.474. The molecule has 1 aromatic heterocycles. The summed E-state index contributed by atoms with van der Waals surface area (Å²) in [4.78, 5) is 6.66. The normalized spacial score (nSPS) is 10.5. The molecule has 78 valence electrons. The number of nitrogens with one attached hydrogen (secondary N) is 1. The molecule has 0 spiro atoms.